The van der Waals surface area contributed by atoms with Gasteiger partial charge in [0.2, 0.25) is 5.92 Å². The summed E-state index contributed by atoms with van der Waals surface area (Å²) in [7, 11) is 0. The number of hydrogen-bond donors (Lipinski definition) is 2. The van der Waals surface area contributed by atoms with Crippen LogP contribution in [0.25, 0.3) is 10.8 Å². The van der Waals surface area contributed by atoms with Gasteiger partial charge in [-0.25, -0.2) is 8.78 Å². The molecule has 0 aliphatic heterocycles. The highest BCUT2D eigenvalue weighted by molar-refractivity contribution is 7.99. The molecule has 1 atom stereocenters. The Labute approximate surface area is 187 Å². The van der Waals surface area contributed by atoms with Gasteiger partial charge in [0, 0.05) is 47.2 Å². The lowest BCUT2D eigenvalue weighted by atomic mass is 9.79. The number of benzene rings is 2. The lowest BCUT2D eigenvalue weighted by Crippen LogP contribution is -2.29. The van der Waals surface area contributed by atoms with Crippen LogP contribution in [0.4, 0.5) is 14.5 Å². The molecule has 0 amide bonds. The molecule has 4 rings (SSSR count). The van der Waals surface area contributed by atoms with Gasteiger partial charge in [-0.3, -0.25) is 0 Å². The van der Waals surface area contributed by atoms with E-state index in [-0.39, 0.29) is 18.8 Å². The van der Waals surface area contributed by atoms with Crippen molar-refractivity contribution in [2.45, 2.75) is 43.3 Å². The lowest BCUT2D eigenvalue weighted by Gasteiger charge is -2.30. The van der Waals surface area contributed by atoms with Crippen molar-refractivity contribution in [3.8, 4) is 0 Å². The van der Waals surface area contributed by atoms with Crippen molar-refractivity contribution < 1.29 is 8.78 Å². The number of halogens is 2. The molecule has 2 aromatic rings. The minimum Gasteiger partial charge on any atom is -0.361 e. The van der Waals surface area contributed by atoms with Gasteiger partial charge in [0.15, 0.2) is 0 Å². The van der Waals surface area contributed by atoms with Gasteiger partial charge in [0.1, 0.15) is 0 Å². The Balaban J connectivity index is 1.59. The van der Waals surface area contributed by atoms with E-state index in [0.29, 0.717) is 23.8 Å². The molecule has 0 radical (unpaired) electrons. The summed E-state index contributed by atoms with van der Waals surface area (Å²) in [5.41, 5.74) is 3.21. The van der Waals surface area contributed by atoms with Crippen molar-refractivity contribution in [2.75, 3.05) is 11.6 Å². The highest BCUT2D eigenvalue weighted by atomic mass is 32.2. The van der Waals surface area contributed by atoms with Gasteiger partial charge in [-0.05, 0) is 54.0 Å². The molecule has 1 fully saturated rings. The number of nitrogens with one attached hydrogen (secondary N) is 2. The standard InChI is InChI=1S/C26H28F2N2S/c1-31-23-10-7-19(8-11-23)24(25(29)20-12-14-26(27,28)15-13-20)17-30-22-9-6-18-4-2-3-5-21(18)16-22/h2-10,16-17,20,23,29-30H,11-15H2,1H3/b24-17-,29-25?. The number of fused-ring (bicyclic) bond motifs is 1. The molecule has 2 nitrogen and oxygen atoms in total. The van der Waals surface area contributed by atoms with E-state index in [2.05, 4.69) is 54.1 Å². The van der Waals surface area contributed by atoms with E-state index in [1.54, 1.807) is 11.8 Å². The zero-order chi connectivity index (χ0) is 21.8. The van der Waals surface area contributed by atoms with Gasteiger partial charge >= 0.3 is 0 Å². The molecular weight excluding hydrogens is 410 g/mol. The van der Waals surface area contributed by atoms with Crippen LogP contribution in [0.3, 0.4) is 0 Å². The van der Waals surface area contributed by atoms with Crippen LogP contribution in [0.1, 0.15) is 32.1 Å². The maximum atomic E-state index is 13.7. The summed E-state index contributed by atoms with van der Waals surface area (Å²) >= 11 is 1.80. The molecule has 162 valence electrons. The van der Waals surface area contributed by atoms with E-state index in [9.17, 15) is 8.78 Å². The van der Waals surface area contributed by atoms with Crippen molar-refractivity contribution >= 4 is 33.9 Å². The van der Waals surface area contributed by atoms with Gasteiger partial charge in [-0.1, -0.05) is 48.6 Å². The second-order valence-electron chi connectivity index (χ2n) is 8.34. The average Bonchev–Trinajstić information content (AvgIpc) is 2.79. The van der Waals surface area contributed by atoms with Crippen molar-refractivity contribution in [3.05, 3.63) is 78.0 Å². The van der Waals surface area contributed by atoms with Crippen LogP contribution < -0.4 is 5.32 Å². The molecule has 0 saturated heterocycles. The van der Waals surface area contributed by atoms with Gasteiger partial charge in [-0.2, -0.15) is 11.8 Å². The number of rotatable bonds is 6. The maximum Gasteiger partial charge on any atom is 0.248 e. The van der Waals surface area contributed by atoms with Crippen molar-refractivity contribution in [1.29, 1.82) is 5.41 Å². The van der Waals surface area contributed by atoms with Crippen LogP contribution in [0.5, 0.6) is 0 Å². The van der Waals surface area contributed by atoms with Crippen molar-refractivity contribution in [2.24, 2.45) is 5.92 Å². The summed E-state index contributed by atoms with van der Waals surface area (Å²) in [6, 6.07) is 14.4. The molecule has 2 aliphatic rings. The van der Waals surface area contributed by atoms with Gasteiger partial charge in [0.25, 0.3) is 0 Å². The van der Waals surface area contributed by atoms with Crippen molar-refractivity contribution in [1.82, 2.24) is 0 Å². The van der Waals surface area contributed by atoms with Gasteiger partial charge in [0.05, 0.1) is 0 Å². The summed E-state index contributed by atoms with van der Waals surface area (Å²) in [5, 5.41) is 15.0. The Bertz CT molecular complexity index is 1040. The second-order valence-corrected chi connectivity index (χ2v) is 9.41. The average molecular weight is 439 g/mol. The molecule has 0 heterocycles. The molecule has 1 saturated carbocycles. The SMILES string of the molecule is CSC1C=CC(/C(=C/Nc2ccc3ccccc3c2)C(=N)C2CCC(F)(F)CC2)=CC1. The van der Waals surface area contributed by atoms with Crippen LogP contribution in [-0.4, -0.2) is 23.1 Å². The van der Waals surface area contributed by atoms with E-state index in [0.717, 1.165) is 28.6 Å². The molecule has 2 aromatic carbocycles. The normalized spacial score (nSPS) is 21.7. The van der Waals surface area contributed by atoms with Crippen LogP contribution in [0, 0.1) is 11.3 Å². The molecule has 1 unspecified atom stereocenters. The zero-order valence-corrected chi connectivity index (χ0v) is 18.5. The highest BCUT2D eigenvalue weighted by Crippen LogP contribution is 2.38. The van der Waals surface area contributed by atoms with E-state index in [1.807, 2.05) is 24.4 Å². The Hall–Kier alpha value is -2.40. The summed E-state index contributed by atoms with van der Waals surface area (Å²) < 4.78 is 27.3. The minimum atomic E-state index is -2.58. The fourth-order valence-electron chi connectivity index (χ4n) is 4.28. The number of anilines is 1. The van der Waals surface area contributed by atoms with E-state index in [1.165, 1.54) is 5.39 Å². The fourth-order valence-corrected chi connectivity index (χ4v) is 4.80. The Morgan fingerprint density at radius 2 is 1.87 bits per heavy atom. The molecular formula is C26H28F2N2S. The molecule has 0 bridgehead atoms. The van der Waals surface area contributed by atoms with Crippen LogP contribution >= 0.6 is 11.8 Å². The van der Waals surface area contributed by atoms with Crippen molar-refractivity contribution in [3.63, 3.8) is 0 Å². The molecule has 5 heteroatoms. The third-order valence-corrected chi connectivity index (χ3v) is 7.18. The van der Waals surface area contributed by atoms with E-state index >= 15 is 0 Å². The molecule has 2 aliphatic carbocycles. The van der Waals surface area contributed by atoms with Gasteiger partial charge in [-0.15, -0.1) is 0 Å². The zero-order valence-electron chi connectivity index (χ0n) is 17.7. The first-order valence-corrected chi connectivity index (χ1v) is 12.1. The number of alkyl halides is 2. The third kappa shape index (κ3) is 5.27. The number of thioether (sulfide) groups is 1. The third-order valence-electron chi connectivity index (χ3n) is 6.22. The summed E-state index contributed by atoms with van der Waals surface area (Å²) in [6.07, 6.45) is 11.8. The maximum absolute atomic E-state index is 13.7. The number of allylic oxidation sites excluding steroid dienone is 4. The summed E-state index contributed by atoms with van der Waals surface area (Å²) in [4.78, 5) is 0. The summed E-state index contributed by atoms with van der Waals surface area (Å²) in [6.45, 7) is 0. The highest BCUT2D eigenvalue weighted by Gasteiger charge is 2.37. The van der Waals surface area contributed by atoms with Crippen LogP contribution in [0.2, 0.25) is 0 Å². The van der Waals surface area contributed by atoms with E-state index in [4.69, 9.17) is 5.41 Å². The van der Waals surface area contributed by atoms with E-state index < -0.39 is 5.92 Å². The first-order chi connectivity index (χ1) is 14.9. The molecule has 0 aromatic heterocycles. The quantitative estimate of drug-likeness (QED) is 0.456. The van der Waals surface area contributed by atoms with Gasteiger partial charge < -0.3 is 10.7 Å². The first kappa shape index (κ1) is 21.8. The topological polar surface area (TPSA) is 35.9 Å². The monoisotopic (exact) mass is 438 g/mol. The largest absolute Gasteiger partial charge is 0.361 e. The first-order valence-electron chi connectivity index (χ1n) is 10.8. The number of hydrogen-bond acceptors (Lipinski definition) is 3. The lowest BCUT2D eigenvalue weighted by molar-refractivity contribution is -0.0394. The van der Waals surface area contributed by atoms with Crippen LogP contribution in [-0.2, 0) is 0 Å². The second kappa shape index (κ2) is 9.39. The summed E-state index contributed by atoms with van der Waals surface area (Å²) in [5.74, 6) is -2.71. The minimum absolute atomic E-state index is 0.128. The van der Waals surface area contributed by atoms with Crippen LogP contribution in [0.15, 0.2) is 78.0 Å². The molecule has 31 heavy (non-hydrogen) atoms. The Morgan fingerprint density at radius 1 is 1.13 bits per heavy atom. The smallest absolute Gasteiger partial charge is 0.248 e. The predicted octanol–water partition coefficient (Wildman–Crippen LogP) is 7.60. The Kier molecular flexibility index (Phi) is 6.61. The Morgan fingerprint density at radius 3 is 2.55 bits per heavy atom. The molecule has 0 spiro atoms. The predicted molar refractivity (Wildman–Crippen MR) is 129 cm³/mol. The molecule has 2 N–H and O–H groups in total. The fraction of sp³-hybridized carbons (Fsp3) is 0.346.